The maximum atomic E-state index is 13.5. The number of aryl methyl sites for hydroxylation is 1. The van der Waals surface area contributed by atoms with E-state index in [0.717, 1.165) is 10.6 Å². The molecule has 0 radical (unpaired) electrons. The van der Waals surface area contributed by atoms with E-state index in [9.17, 15) is 14.3 Å². The van der Waals surface area contributed by atoms with Crippen molar-refractivity contribution >= 4 is 17.5 Å². The van der Waals surface area contributed by atoms with Crippen LogP contribution in [0.2, 0.25) is 0 Å². The van der Waals surface area contributed by atoms with Crippen LogP contribution in [0.5, 0.6) is 5.75 Å². The number of benzene rings is 1. The fourth-order valence-corrected chi connectivity index (χ4v) is 2.89. The highest BCUT2D eigenvalue weighted by atomic mass is 32.1. The van der Waals surface area contributed by atoms with Gasteiger partial charge >= 0.3 is 5.97 Å². The van der Waals surface area contributed by atoms with Gasteiger partial charge in [0.15, 0.2) is 0 Å². The van der Waals surface area contributed by atoms with Gasteiger partial charge in [0.2, 0.25) is 0 Å². The van der Waals surface area contributed by atoms with Crippen molar-refractivity contribution in [2.24, 2.45) is 0 Å². The van der Waals surface area contributed by atoms with Gasteiger partial charge in [-0.3, -0.25) is 9.69 Å². The van der Waals surface area contributed by atoms with Gasteiger partial charge in [0.1, 0.15) is 17.6 Å². The predicted octanol–water partition coefficient (Wildman–Crippen LogP) is 2.25. The molecule has 2 rings (SSSR count). The molecule has 0 aliphatic carbocycles. The molecule has 8 heteroatoms. The zero-order valence-electron chi connectivity index (χ0n) is 12.4. The first-order chi connectivity index (χ1) is 10.4. The number of hydrogen-bond donors (Lipinski definition) is 1. The minimum Gasteiger partial charge on any atom is -0.496 e. The van der Waals surface area contributed by atoms with Crippen molar-refractivity contribution in [3.05, 3.63) is 40.2 Å². The summed E-state index contributed by atoms with van der Waals surface area (Å²) >= 11 is 1.21. The number of carboxylic acid groups (broad SMARTS) is 1. The summed E-state index contributed by atoms with van der Waals surface area (Å²) in [6.45, 7) is 2.16. The Bertz CT molecular complexity index is 677. The molecule has 0 aliphatic heterocycles. The molecular weight excluding hydrogens is 309 g/mol. The Morgan fingerprint density at radius 3 is 2.82 bits per heavy atom. The molecule has 1 aromatic carbocycles. The molecule has 1 N–H and O–H groups in total. The van der Waals surface area contributed by atoms with Crippen molar-refractivity contribution in [2.75, 3.05) is 14.2 Å². The zero-order valence-corrected chi connectivity index (χ0v) is 13.2. The smallest absolute Gasteiger partial charge is 0.325 e. The Balaban J connectivity index is 2.36. The van der Waals surface area contributed by atoms with Gasteiger partial charge in [0.05, 0.1) is 17.7 Å². The highest BCUT2D eigenvalue weighted by Gasteiger charge is 2.29. The van der Waals surface area contributed by atoms with Gasteiger partial charge in [0, 0.05) is 12.1 Å². The van der Waals surface area contributed by atoms with E-state index in [1.54, 1.807) is 11.9 Å². The maximum absolute atomic E-state index is 13.5. The first-order valence-electron chi connectivity index (χ1n) is 6.48. The Hall–Kier alpha value is -2.06. The van der Waals surface area contributed by atoms with E-state index in [-0.39, 0.29) is 5.56 Å². The molecular formula is C14H16FN3O3S. The van der Waals surface area contributed by atoms with Crippen molar-refractivity contribution in [1.29, 1.82) is 0 Å². The van der Waals surface area contributed by atoms with E-state index in [1.165, 1.54) is 36.8 Å². The molecule has 0 saturated heterocycles. The highest BCUT2D eigenvalue weighted by Crippen LogP contribution is 2.31. The average molecular weight is 325 g/mol. The van der Waals surface area contributed by atoms with Crippen molar-refractivity contribution in [3.8, 4) is 5.75 Å². The topological polar surface area (TPSA) is 75.6 Å². The lowest BCUT2D eigenvalue weighted by Crippen LogP contribution is -2.31. The average Bonchev–Trinajstić information content (AvgIpc) is 2.84. The van der Waals surface area contributed by atoms with E-state index < -0.39 is 17.8 Å². The van der Waals surface area contributed by atoms with E-state index in [0.29, 0.717) is 12.3 Å². The number of hydrogen-bond acceptors (Lipinski definition) is 6. The van der Waals surface area contributed by atoms with E-state index in [1.807, 2.05) is 6.92 Å². The summed E-state index contributed by atoms with van der Waals surface area (Å²) in [5.41, 5.74) is 1.03. The monoisotopic (exact) mass is 325 g/mol. The van der Waals surface area contributed by atoms with Crippen LogP contribution in [-0.2, 0) is 11.3 Å². The molecule has 0 spiro atoms. The van der Waals surface area contributed by atoms with Crippen LogP contribution >= 0.6 is 11.5 Å². The summed E-state index contributed by atoms with van der Waals surface area (Å²) in [7, 11) is 3.08. The van der Waals surface area contributed by atoms with Gasteiger partial charge in [-0.25, -0.2) is 4.39 Å². The molecule has 1 aromatic heterocycles. The SMILES string of the molecule is COc1ccc(F)cc1[C@H](C(=O)O)N(C)Cc1snnc1C. The Labute approximate surface area is 131 Å². The number of carbonyl (C=O) groups is 1. The van der Waals surface area contributed by atoms with Gasteiger partial charge in [-0.2, -0.15) is 0 Å². The number of methoxy groups -OCH3 is 1. The van der Waals surface area contributed by atoms with Gasteiger partial charge in [-0.15, -0.1) is 5.10 Å². The minimum absolute atomic E-state index is 0.271. The summed E-state index contributed by atoms with van der Waals surface area (Å²) < 4.78 is 22.5. The van der Waals surface area contributed by atoms with Crippen molar-refractivity contribution in [2.45, 2.75) is 19.5 Å². The van der Waals surface area contributed by atoms with Crippen LogP contribution in [0.4, 0.5) is 4.39 Å². The van der Waals surface area contributed by atoms with Gasteiger partial charge < -0.3 is 9.84 Å². The molecule has 6 nitrogen and oxygen atoms in total. The molecule has 2 aromatic rings. The number of carboxylic acids is 1. The van der Waals surface area contributed by atoms with Gasteiger partial charge in [0.25, 0.3) is 0 Å². The van der Waals surface area contributed by atoms with Crippen LogP contribution in [0.3, 0.4) is 0 Å². The Kier molecular flexibility index (Phi) is 5.04. The summed E-state index contributed by atoms with van der Waals surface area (Å²) in [5, 5.41) is 13.5. The largest absolute Gasteiger partial charge is 0.496 e. The number of ether oxygens (including phenoxy) is 1. The van der Waals surface area contributed by atoms with Crippen LogP contribution < -0.4 is 4.74 Å². The third-order valence-electron chi connectivity index (χ3n) is 3.30. The lowest BCUT2D eigenvalue weighted by molar-refractivity contribution is -0.143. The number of rotatable bonds is 6. The normalized spacial score (nSPS) is 12.4. The van der Waals surface area contributed by atoms with E-state index in [4.69, 9.17) is 4.74 Å². The standard InChI is InChI=1S/C14H16FN3O3S/c1-8-12(22-17-16-8)7-18(2)13(14(19)20)10-6-9(15)4-5-11(10)21-3/h4-6,13H,7H2,1-3H3,(H,19,20)/t13-/m1/s1. The molecule has 0 amide bonds. The molecule has 1 atom stereocenters. The molecule has 1 heterocycles. The zero-order chi connectivity index (χ0) is 16.3. The third kappa shape index (κ3) is 3.40. The second-order valence-electron chi connectivity index (χ2n) is 4.82. The summed E-state index contributed by atoms with van der Waals surface area (Å²) in [6.07, 6.45) is 0. The first-order valence-corrected chi connectivity index (χ1v) is 7.25. The lowest BCUT2D eigenvalue weighted by Gasteiger charge is -2.25. The van der Waals surface area contributed by atoms with Crippen LogP contribution in [0.1, 0.15) is 22.2 Å². The van der Waals surface area contributed by atoms with Crippen LogP contribution in [0.15, 0.2) is 18.2 Å². The van der Waals surface area contributed by atoms with Crippen molar-refractivity contribution in [3.63, 3.8) is 0 Å². The molecule has 118 valence electrons. The molecule has 0 bridgehead atoms. The number of halogens is 1. The number of nitrogens with zero attached hydrogens (tertiary/aromatic N) is 3. The van der Waals surface area contributed by atoms with E-state index in [2.05, 4.69) is 9.59 Å². The van der Waals surface area contributed by atoms with Gasteiger partial charge in [-0.1, -0.05) is 4.49 Å². The van der Waals surface area contributed by atoms with Crippen molar-refractivity contribution in [1.82, 2.24) is 14.5 Å². The van der Waals surface area contributed by atoms with Crippen LogP contribution in [0, 0.1) is 12.7 Å². The minimum atomic E-state index is -1.08. The van der Waals surface area contributed by atoms with Crippen LogP contribution in [-0.4, -0.2) is 39.7 Å². The summed E-state index contributed by atoms with van der Waals surface area (Å²) in [6, 6.07) is 2.81. The Morgan fingerprint density at radius 1 is 1.55 bits per heavy atom. The van der Waals surface area contributed by atoms with Gasteiger partial charge in [-0.05, 0) is 43.7 Å². The van der Waals surface area contributed by atoms with Crippen molar-refractivity contribution < 1.29 is 19.0 Å². The second-order valence-corrected chi connectivity index (χ2v) is 5.66. The lowest BCUT2D eigenvalue weighted by atomic mass is 10.0. The second kappa shape index (κ2) is 6.80. The first kappa shape index (κ1) is 16.3. The number of aromatic nitrogens is 2. The number of likely N-dealkylation sites (N-methyl/N-ethyl adjacent to an activating group) is 1. The molecule has 22 heavy (non-hydrogen) atoms. The third-order valence-corrected chi connectivity index (χ3v) is 4.11. The Morgan fingerprint density at radius 2 is 2.27 bits per heavy atom. The fourth-order valence-electron chi connectivity index (χ4n) is 2.19. The van der Waals surface area contributed by atoms with E-state index >= 15 is 0 Å². The fraction of sp³-hybridized carbons (Fsp3) is 0.357. The molecule has 0 saturated carbocycles. The quantitative estimate of drug-likeness (QED) is 0.878. The highest BCUT2D eigenvalue weighted by molar-refractivity contribution is 7.05. The molecule has 0 unspecified atom stereocenters. The summed E-state index contributed by atoms with van der Waals surface area (Å²) in [5.74, 6) is -1.26. The summed E-state index contributed by atoms with van der Waals surface area (Å²) in [4.78, 5) is 14.2. The predicted molar refractivity (Wildman–Crippen MR) is 79.4 cm³/mol. The number of aliphatic carboxylic acids is 1. The molecule has 0 fully saturated rings. The van der Waals surface area contributed by atoms with Crippen LogP contribution in [0.25, 0.3) is 0 Å². The molecule has 0 aliphatic rings. The maximum Gasteiger partial charge on any atom is 0.325 e.